The number of furan rings is 1. The molecule has 25 heavy (non-hydrogen) atoms. The van der Waals surface area contributed by atoms with Gasteiger partial charge in [0.05, 0.1) is 4.90 Å². The van der Waals surface area contributed by atoms with Crippen molar-refractivity contribution in [3.63, 3.8) is 0 Å². The van der Waals surface area contributed by atoms with Crippen molar-refractivity contribution in [1.82, 2.24) is 9.21 Å². The van der Waals surface area contributed by atoms with Crippen LogP contribution in [0.15, 0.2) is 48.6 Å². The summed E-state index contributed by atoms with van der Waals surface area (Å²) in [5.41, 5.74) is 0. The third kappa shape index (κ3) is 3.84. The van der Waals surface area contributed by atoms with Crippen LogP contribution in [0.25, 0.3) is 0 Å². The Morgan fingerprint density at radius 1 is 1.08 bits per heavy atom. The smallest absolute Gasteiger partial charge is 0.289 e. The van der Waals surface area contributed by atoms with E-state index in [1.807, 2.05) is 0 Å². The first-order chi connectivity index (χ1) is 11.8. The quantitative estimate of drug-likeness (QED) is 0.660. The first kappa shape index (κ1) is 18.6. The molecule has 2 aromatic rings. The van der Waals surface area contributed by atoms with Gasteiger partial charge in [-0.1, -0.05) is 15.9 Å². The van der Waals surface area contributed by atoms with Crippen molar-refractivity contribution >= 4 is 47.8 Å². The zero-order chi connectivity index (χ0) is 18.2. The number of carbonyl (C=O) groups excluding carboxylic acids is 1. The monoisotopic (exact) mass is 490 g/mol. The summed E-state index contributed by atoms with van der Waals surface area (Å²) in [6, 6.07) is 8.40. The maximum Gasteiger partial charge on any atom is 0.289 e. The summed E-state index contributed by atoms with van der Waals surface area (Å²) >= 11 is 6.60. The molecule has 9 heteroatoms. The molecular formula is C16H16Br2N2O4S. The predicted octanol–water partition coefficient (Wildman–Crippen LogP) is 3.26. The maximum absolute atomic E-state index is 12.9. The van der Waals surface area contributed by atoms with Gasteiger partial charge in [0.25, 0.3) is 5.91 Å². The largest absolute Gasteiger partial charge is 0.456 e. The summed E-state index contributed by atoms with van der Waals surface area (Å²) in [6.45, 7) is 2.91. The molecule has 0 radical (unpaired) electrons. The SMILES string of the molecule is Cc1ccc(C(=O)N2CCN(S(=O)(=O)c3cc(Br)ccc3Br)CC2)o1. The van der Waals surface area contributed by atoms with Crippen LogP contribution in [0.5, 0.6) is 0 Å². The fourth-order valence-corrected chi connectivity index (χ4v) is 5.54. The van der Waals surface area contributed by atoms with Crippen molar-refractivity contribution in [2.45, 2.75) is 11.8 Å². The number of sulfonamides is 1. The van der Waals surface area contributed by atoms with E-state index in [-0.39, 0.29) is 29.7 Å². The minimum Gasteiger partial charge on any atom is -0.456 e. The Morgan fingerprint density at radius 3 is 2.36 bits per heavy atom. The number of amides is 1. The minimum atomic E-state index is -3.63. The van der Waals surface area contributed by atoms with Gasteiger partial charge >= 0.3 is 0 Å². The van der Waals surface area contributed by atoms with Crippen molar-refractivity contribution in [3.05, 3.63) is 50.8 Å². The van der Waals surface area contributed by atoms with Crippen LogP contribution in [0.2, 0.25) is 0 Å². The van der Waals surface area contributed by atoms with Gasteiger partial charge in [-0.25, -0.2) is 8.42 Å². The number of aryl methyl sites for hydroxylation is 1. The molecule has 1 aliphatic heterocycles. The van der Waals surface area contributed by atoms with Gasteiger partial charge in [-0.3, -0.25) is 4.79 Å². The Bertz CT molecular complexity index is 903. The zero-order valence-corrected chi connectivity index (χ0v) is 17.4. The van der Waals surface area contributed by atoms with Crippen LogP contribution in [-0.2, 0) is 10.0 Å². The highest BCUT2D eigenvalue weighted by atomic mass is 79.9. The summed E-state index contributed by atoms with van der Waals surface area (Å²) in [4.78, 5) is 14.2. The van der Waals surface area contributed by atoms with Gasteiger partial charge in [-0.2, -0.15) is 4.31 Å². The molecule has 0 saturated carbocycles. The topological polar surface area (TPSA) is 70.8 Å². The lowest BCUT2D eigenvalue weighted by Crippen LogP contribution is -2.50. The van der Waals surface area contributed by atoms with Crippen molar-refractivity contribution in [1.29, 1.82) is 0 Å². The molecule has 1 aromatic heterocycles. The molecule has 0 spiro atoms. The summed E-state index contributed by atoms with van der Waals surface area (Å²) in [5, 5.41) is 0. The lowest BCUT2D eigenvalue weighted by atomic mass is 10.3. The van der Waals surface area contributed by atoms with Crippen LogP contribution in [-0.4, -0.2) is 49.7 Å². The van der Waals surface area contributed by atoms with Gasteiger partial charge in [-0.15, -0.1) is 0 Å². The van der Waals surface area contributed by atoms with Gasteiger partial charge in [0, 0.05) is 35.1 Å². The number of hydrogen-bond acceptors (Lipinski definition) is 4. The lowest BCUT2D eigenvalue weighted by Gasteiger charge is -2.33. The van der Waals surface area contributed by atoms with Gasteiger partial charge in [0.2, 0.25) is 10.0 Å². The molecule has 1 aliphatic rings. The molecule has 6 nitrogen and oxygen atoms in total. The number of carbonyl (C=O) groups is 1. The number of rotatable bonds is 3. The highest BCUT2D eigenvalue weighted by molar-refractivity contribution is 9.11. The van der Waals surface area contributed by atoms with E-state index in [0.29, 0.717) is 27.8 Å². The fraction of sp³-hybridized carbons (Fsp3) is 0.312. The molecular weight excluding hydrogens is 476 g/mol. The number of nitrogens with zero attached hydrogens (tertiary/aromatic N) is 2. The third-order valence-electron chi connectivity index (χ3n) is 3.99. The molecule has 134 valence electrons. The average molecular weight is 492 g/mol. The van der Waals surface area contributed by atoms with Gasteiger partial charge in [0.1, 0.15) is 5.76 Å². The van der Waals surface area contributed by atoms with E-state index >= 15 is 0 Å². The second-order valence-electron chi connectivity index (χ2n) is 5.68. The third-order valence-corrected chi connectivity index (χ3v) is 7.37. The van der Waals surface area contributed by atoms with Crippen molar-refractivity contribution < 1.29 is 17.6 Å². The number of halogens is 2. The zero-order valence-electron chi connectivity index (χ0n) is 13.4. The van der Waals surface area contributed by atoms with Gasteiger partial charge < -0.3 is 9.32 Å². The predicted molar refractivity (Wildman–Crippen MR) is 99.9 cm³/mol. The molecule has 1 saturated heterocycles. The lowest BCUT2D eigenvalue weighted by molar-refractivity contribution is 0.0664. The van der Waals surface area contributed by atoms with E-state index in [9.17, 15) is 13.2 Å². The van der Waals surface area contributed by atoms with E-state index in [1.165, 1.54) is 4.31 Å². The minimum absolute atomic E-state index is 0.211. The van der Waals surface area contributed by atoms with Crippen molar-refractivity contribution in [2.75, 3.05) is 26.2 Å². The highest BCUT2D eigenvalue weighted by Crippen LogP contribution is 2.29. The van der Waals surface area contributed by atoms with Crippen LogP contribution in [0.4, 0.5) is 0 Å². The molecule has 2 heterocycles. The van der Waals surface area contributed by atoms with Crippen molar-refractivity contribution in [3.8, 4) is 0 Å². The standard InChI is InChI=1S/C16H16Br2N2O4S/c1-11-2-5-14(24-11)16(21)19-6-8-20(9-7-19)25(22,23)15-10-12(17)3-4-13(15)18/h2-5,10H,6-9H2,1H3. The first-order valence-electron chi connectivity index (χ1n) is 7.60. The Kier molecular flexibility index (Phi) is 5.38. The molecule has 0 N–H and O–H groups in total. The maximum atomic E-state index is 12.9. The number of benzene rings is 1. The Labute approximate surface area is 163 Å². The molecule has 0 unspecified atom stereocenters. The molecule has 1 fully saturated rings. The summed E-state index contributed by atoms with van der Waals surface area (Å²) < 4.78 is 33.7. The van der Waals surface area contributed by atoms with E-state index in [4.69, 9.17) is 4.42 Å². The molecule has 0 bridgehead atoms. The molecule has 1 aromatic carbocycles. The second kappa shape index (κ2) is 7.22. The average Bonchev–Trinajstić information content (AvgIpc) is 3.03. The van der Waals surface area contributed by atoms with Crippen molar-refractivity contribution in [2.24, 2.45) is 0 Å². The van der Waals surface area contributed by atoms with E-state index in [2.05, 4.69) is 31.9 Å². The highest BCUT2D eigenvalue weighted by Gasteiger charge is 2.32. The van der Waals surface area contributed by atoms with Crippen LogP contribution in [0.1, 0.15) is 16.3 Å². The van der Waals surface area contributed by atoms with Crippen LogP contribution >= 0.6 is 31.9 Å². The number of piperazine rings is 1. The molecule has 1 amide bonds. The molecule has 0 aliphatic carbocycles. The molecule has 3 rings (SSSR count). The first-order valence-corrected chi connectivity index (χ1v) is 10.6. The normalized spacial score (nSPS) is 16.2. The second-order valence-corrected chi connectivity index (χ2v) is 9.36. The summed E-state index contributed by atoms with van der Waals surface area (Å²) in [6.07, 6.45) is 0. The van der Waals surface area contributed by atoms with E-state index in [1.54, 1.807) is 42.2 Å². The van der Waals surface area contributed by atoms with Crippen LogP contribution in [0, 0.1) is 6.92 Å². The van der Waals surface area contributed by atoms with Crippen LogP contribution in [0.3, 0.4) is 0 Å². The van der Waals surface area contributed by atoms with E-state index < -0.39 is 10.0 Å². The Balaban J connectivity index is 1.73. The fourth-order valence-electron chi connectivity index (χ4n) is 2.65. The molecule has 0 atom stereocenters. The van der Waals surface area contributed by atoms with Gasteiger partial charge in [-0.05, 0) is 53.2 Å². The summed E-state index contributed by atoms with van der Waals surface area (Å²) in [5.74, 6) is 0.737. The Hall–Kier alpha value is -1.16. The summed E-state index contributed by atoms with van der Waals surface area (Å²) in [7, 11) is -3.63. The number of hydrogen-bond donors (Lipinski definition) is 0. The van der Waals surface area contributed by atoms with Crippen LogP contribution < -0.4 is 0 Å². The van der Waals surface area contributed by atoms with Gasteiger partial charge in [0.15, 0.2) is 5.76 Å². The Morgan fingerprint density at radius 2 is 1.76 bits per heavy atom. The van der Waals surface area contributed by atoms with E-state index in [0.717, 1.165) is 0 Å².